The number of rotatable bonds is 3. The third-order valence-electron chi connectivity index (χ3n) is 2.88. The predicted molar refractivity (Wildman–Crippen MR) is 70.2 cm³/mol. The number of hydrogen-bond donors (Lipinski definition) is 1. The molecule has 0 amide bonds. The van der Waals surface area contributed by atoms with Crippen LogP contribution in [0.5, 0.6) is 0 Å². The Morgan fingerprint density at radius 1 is 1.44 bits per heavy atom. The van der Waals surface area contributed by atoms with E-state index in [-0.39, 0.29) is 0 Å². The molecule has 0 radical (unpaired) electrons. The van der Waals surface area contributed by atoms with Crippen molar-refractivity contribution in [2.24, 2.45) is 0 Å². The Bertz CT molecular complexity index is 496. The van der Waals surface area contributed by atoms with Gasteiger partial charge in [0.25, 0.3) is 0 Å². The van der Waals surface area contributed by atoms with E-state index in [0.29, 0.717) is 0 Å². The minimum Gasteiger partial charge on any atom is -0.365 e. The van der Waals surface area contributed by atoms with Crippen LogP contribution < -0.4 is 5.32 Å². The van der Waals surface area contributed by atoms with Gasteiger partial charge in [-0.3, -0.25) is 0 Å². The average Bonchev–Trinajstić information content (AvgIpc) is 2.83. The van der Waals surface area contributed by atoms with E-state index in [9.17, 15) is 0 Å². The molecule has 0 bridgehead atoms. The van der Waals surface area contributed by atoms with Crippen LogP contribution >= 0.6 is 11.3 Å². The first-order valence-corrected chi connectivity index (χ1v) is 6.35. The van der Waals surface area contributed by atoms with Crippen molar-refractivity contribution >= 4 is 16.5 Å². The van der Waals surface area contributed by atoms with Gasteiger partial charge in [0.15, 0.2) is 5.13 Å². The van der Waals surface area contributed by atoms with E-state index in [4.69, 9.17) is 0 Å². The third kappa shape index (κ3) is 1.73. The van der Waals surface area contributed by atoms with Crippen LogP contribution in [0.1, 0.15) is 18.3 Å². The van der Waals surface area contributed by atoms with Crippen LogP contribution in [0.2, 0.25) is 0 Å². The molecule has 0 saturated carbocycles. The van der Waals surface area contributed by atoms with Gasteiger partial charge in [-0.1, -0.05) is 0 Å². The minimum absolute atomic E-state index is 0.969. The second kappa shape index (κ2) is 4.29. The van der Waals surface area contributed by atoms with Gasteiger partial charge in [0.1, 0.15) is 0 Å². The molecule has 1 N–H and O–H groups in total. The summed E-state index contributed by atoms with van der Waals surface area (Å²) < 4.78 is 2.31. The highest BCUT2D eigenvalue weighted by Crippen LogP contribution is 2.29. The maximum absolute atomic E-state index is 4.54. The standard InChI is InChI=1S/C12H17N3S/c1-5-15-8(2)6-10(9(15)3)11-7-16-12(13-4)14-11/h6-7H,5H2,1-4H3,(H,13,14). The van der Waals surface area contributed by atoms with E-state index in [1.807, 2.05) is 7.05 Å². The summed E-state index contributed by atoms with van der Waals surface area (Å²) in [5, 5.41) is 6.15. The Morgan fingerprint density at radius 2 is 2.19 bits per heavy atom. The number of hydrogen-bond acceptors (Lipinski definition) is 3. The van der Waals surface area contributed by atoms with Crippen molar-refractivity contribution in [3.63, 3.8) is 0 Å². The van der Waals surface area contributed by atoms with Crippen molar-refractivity contribution in [1.82, 2.24) is 9.55 Å². The zero-order valence-electron chi connectivity index (χ0n) is 10.2. The summed E-state index contributed by atoms with van der Waals surface area (Å²) in [6.45, 7) is 7.49. The molecule has 3 nitrogen and oxygen atoms in total. The van der Waals surface area contributed by atoms with Crippen LogP contribution in [0.3, 0.4) is 0 Å². The van der Waals surface area contributed by atoms with E-state index in [1.54, 1.807) is 11.3 Å². The van der Waals surface area contributed by atoms with E-state index < -0.39 is 0 Å². The first-order valence-electron chi connectivity index (χ1n) is 5.47. The van der Waals surface area contributed by atoms with Crippen LogP contribution in [0.25, 0.3) is 11.3 Å². The summed E-state index contributed by atoms with van der Waals surface area (Å²) in [6, 6.07) is 2.22. The maximum atomic E-state index is 4.54. The molecular weight excluding hydrogens is 218 g/mol. The van der Waals surface area contributed by atoms with Gasteiger partial charge in [0, 0.05) is 35.9 Å². The lowest BCUT2D eigenvalue weighted by Crippen LogP contribution is -1.98. The van der Waals surface area contributed by atoms with Crippen molar-refractivity contribution in [2.75, 3.05) is 12.4 Å². The van der Waals surface area contributed by atoms with E-state index in [0.717, 1.165) is 17.4 Å². The number of nitrogens with one attached hydrogen (secondary N) is 1. The van der Waals surface area contributed by atoms with Gasteiger partial charge < -0.3 is 9.88 Å². The molecule has 0 aliphatic heterocycles. The Hall–Kier alpha value is -1.29. The molecule has 2 rings (SSSR count). The van der Waals surface area contributed by atoms with Crippen LogP contribution in [0.4, 0.5) is 5.13 Å². The average molecular weight is 235 g/mol. The van der Waals surface area contributed by atoms with Crippen LogP contribution in [0.15, 0.2) is 11.4 Å². The van der Waals surface area contributed by atoms with Gasteiger partial charge in [-0.25, -0.2) is 4.98 Å². The predicted octanol–water partition coefficient (Wildman–Crippen LogP) is 3.29. The van der Waals surface area contributed by atoms with Gasteiger partial charge in [-0.2, -0.15) is 0 Å². The fraction of sp³-hybridized carbons (Fsp3) is 0.417. The molecule has 2 heterocycles. The second-order valence-corrected chi connectivity index (χ2v) is 4.68. The molecule has 86 valence electrons. The van der Waals surface area contributed by atoms with Crippen molar-refractivity contribution in [3.8, 4) is 11.3 Å². The summed E-state index contributed by atoms with van der Waals surface area (Å²) in [7, 11) is 1.90. The molecule has 0 spiro atoms. The Balaban J connectivity index is 2.47. The molecule has 0 fully saturated rings. The molecule has 16 heavy (non-hydrogen) atoms. The van der Waals surface area contributed by atoms with Crippen LogP contribution in [-0.4, -0.2) is 16.6 Å². The quantitative estimate of drug-likeness (QED) is 0.884. The summed E-state index contributed by atoms with van der Waals surface area (Å²) >= 11 is 1.64. The van der Waals surface area contributed by atoms with Gasteiger partial charge in [0.2, 0.25) is 0 Å². The topological polar surface area (TPSA) is 29.9 Å². The number of anilines is 1. The molecule has 0 aliphatic rings. The van der Waals surface area contributed by atoms with Crippen LogP contribution in [0, 0.1) is 13.8 Å². The number of aromatic nitrogens is 2. The first-order chi connectivity index (χ1) is 7.67. The van der Waals surface area contributed by atoms with Gasteiger partial charge in [0.05, 0.1) is 5.69 Å². The lowest BCUT2D eigenvalue weighted by molar-refractivity contribution is 0.719. The molecule has 2 aromatic rings. The van der Waals surface area contributed by atoms with Gasteiger partial charge >= 0.3 is 0 Å². The summed E-state index contributed by atoms with van der Waals surface area (Å²) in [5.74, 6) is 0. The normalized spacial score (nSPS) is 10.8. The van der Waals surface area contributed by atoms with E-state index >= 15 is 0 Å². The van der Waals surface area contributed by atoms with E-state index in [1.165, 1.54) is 17.0 Å². The highest BCUT2D eigenvalue weighted by atomic mass is 32.1. The molecular formula is C12H17N3S. The fourth-order valence-electron chi connectivity index (χ4n) is 2.06. The van der Waals surface area contributed by atoms with E-state index in [2.05, 4.69) is 47.1 Å². The Labute approximate surface area is 100 Å². The number of thiazole rings is 1. The lowest BCUT2D eigenvalue weighted by Gasteiger charge is -2.04. The van der Waals surface area contributed by atoms with Crippen LogP contribution in [-0.2, 0) is 6.54 Å². The molecule has 0 saturated heterocycles. The molecule has 4 heteroatoms. The van der Waals surface area contributed by atoms with Crippen molar-refractivity contribution in [3.05, 3.63) is 22.8 Å². The maximum Gasteiger partial charge on any atom is 0.182 e. The van der Waals surface area contributed by atoms with Crippen molar-refractivity contribution < 1.29 is 0 Å². The largest absolute Gasteiger partial charge is 0.365 e. The lowest BCUT2D eigenvalue weighted by atomic mass is 10.2. The highest BCUT2D eigenvalue weighted by molar-refractivity contribution is 7.14. The monoisotopic (exact) mass is 235 g/mol. The second-order valence-electron chi connectivity index (χ2n) is 3.82. The summed E-state index contributed by atoms with van der Waals surface area (Å²) in [6.07, 6.45) is 0. The summed E-state index contributed by atoms with van der Waals surface area (Å²) in [5.41, 5.74) is 4.92. The number of aryl methyl sites for hydroxylation is 1. The third-order valence-corrected chi connectivity index (χ3v) is 3.74. The van der Waals surface area contributed by atoms with Gasteiger partial charge in [-0.05, 0) is 26.8 Å². The molecule has 0 unspecified atom stereocenters. The van der Waals surface area contributed by atoms with Gasteiger partial charge in [-0.15, -0.1) is 11.3 Å². The Morgan fingerprint density at radius 3 is 2.69 bits per heavy atom. The number of nitrogens with zero attached hydrogens (tertiary/aromatic N) is 2. The smallest absolute Gasteiger partial charge is 0.182 e. The zero-order valence-corrected chi connectivity index (χ0v) is 11.0. The molecule has 2 aromatic heterocycles. The molecule has 0 atom stereocenters. The van der Waals surface area contributed by atoms with Crippen molar-refractivity contribution in [1.29, 1.82) is 0 Å². The highest BCUT2D eigenvalue weighted by Gasteiger charge is 2.12. The minimum atomic E-state index is 0.969. The first kappa shape index (κ1) is 11.2. The zero-order chi connectivity index (χ0) is 11.7. The SMILES string of the molecule is CCn1c(C)cc(-c2csc(NC)n2)c1C. The molecule has 0 aliphatic carbocycles. The Kier molecular flexibility index (Phi) is 3.01. The fourth-order valence-corrected chi connectivity index (χ4v) is 2.73. The summed E-state index contributed by atoms with van der Waals surface area (Å²) in [4.78, 5) is 4.54. The van der Waals surface area contributed by atoms with Crippen molar-refractivity contribution in [2.45, 2.75) is 27.3 Å². The molecule has 0 aromatic carbocycles.